The van der Waals surface area contributed by atoms with Crippen LogP contribution in [0.5, 0.6) is 5.75 Å². The summed E-state index contributed by atoms with van der Waals surface area (Å²) in [7, 11) is -5.54. The number of aromatic nitrogens is 2. The van der Waals surface area contributed by atoms with Gasteiger partial charge in [0.1, 0.15) is 15.5 Å². The summed E-state index contributed by atoms with van der Waals surface area (Å²) in [4.78, 5) is 14.1. The third-order valence-electron chi connectivity index (χ3n) is 9.64. The third-order valence-corrected chi connectivity index (χ3v) is 16.2. The van der Waals surface area contributed by atoms with Gasteiger partial charge in [0.2, 0.25) is 20.0 Å². The van der Waals surface area contributed by atoms with Gasteiger partial charge in [0.05, 0.1) is 28.5 Å². The topological polar surface area (TPSA) is 116 Å². The molecule has 8 rings (SSSR count). The molecule has 0 atom stereocenters. The number of sulfonamides is 2. The molecule has 4 heterocycles. The highest BCUT2D eigenvalue weighted by Gasteiger charge is 2.32. The molecule has 0 bridgehead atoms. The maximum absolute atomic E-state index is 12.9. The van der Waals surface area contributed by atoms with Gasteiger partial charge in [-0.1, -0.05) is 77.3 Å². The lowest BCUT2D eigenvalue weighted by Gasteiger charge is -2.33. The molecule has 57 heavy (non-hydrogen) atoms. The second-order valence-electron chi connectivity index (χ2n) is 13.3. The highest BCUT2D eigenvalue weighted by molar-refractivity contribution is 7.89. The number of piperazine rings is 2. The zero-order valence-electron chi connectivity index (χ0n) is 31.2. The lowest BCUT2D eigenvalue weighted by atomic mass is 10.1. The fourth-order valence-electron chi connectivity index (χ4n) is 6.40. The summed E-state index contributed by atoms with van der Waals surface area (Å²) in [6, 6.07) is 29.2. The zero-order chi connectivity index (χ0) is 40.2. The zero-order valence-corrected chi connectivity index (χ0v) is 35.9. The average Bonchev–Trinajstić information content (AvgIpc) is 3.94. The molecular weight excluding hydrogens is 844 g/mol. The second kappa shape index (κ2) is 17.8. The van der Waals surface area contributed by atoms with E-state index in [0.29, 0.717) is 52.4 Å². The Balaban J connectivity index is 0.000000174. The van der Waals surface area contributed by atoms with Crippen molar-refractivity contribution in [2.24, 2.45) is 0 Å². The minimum Gasteiger partial charge on any atom is -0.497 e. The van der Waals surface area contributed by atoms with E-state index in [1.165, 1.54) is 14.2 Å². The van der Waals surface area contributed by atoms with Crippen LogP contribution in [0.3, 0.4) is 0 Å². The SMILES string of the molecule is COc1ccc(-c2csc(N3CCN(S(=O)(=O)c4ccccc4Cl)CC3)n2)cc1.Cc1ccc(-c2csc(N3CCN(S(=O)(=O)c4ccccc4Cl)CC3)n2)cc1. The van der Waals surface area contributed by atoms with Crippen molar-refractivity contribution in [3.8, 4) is 28.3 Å². The molecule has 2 fully saturated rings. The standard InChI is InChI=1S/C20H20ClN3O3S2.C20H20ClN3O2S2/c1-27-16-8-6-15(7-9-16)18-14-28-20(22-18)23-10-12-24(13-11-23)29(25,26)19-5-3-2-4-17(19)21;1-15-6-8-16(9-7-15)18-14-27-20(22-18)23-10-12-24(13-11-23)28(25,26)19-5-3-2-4-17(19)21/h2-9,14H,10-13H2,1H3;2-9,14H,10-13H2,1H3. The number of benzene rings is 4. The number of halogens is 2. The van der Waals surface area contributed by atoms with Gasteiger partial charge in [-0.3, -0.25) is 0 Å². The summed E-state index contributed by atoms with van der Waals surface area (Å²) >= 11 is 15.4. The normalized spacial score (nSPS) is 15.6. The summed E-state index contributed by atoms with van der Waals surface area (Å²) in [5, 5.41) is 6.39. The molecule has 0 aliphatic carbocycles. The summed E-state index contributed by atoms with van der Waals surface area (Å²) in [6.07, 6.45) is 0. The molecule has 2 aliphatic rings. The van der Waals surface area contributed by atoms with Crippen LogP contribution in [0.2, 0.25) is 10.0 Å². The number of thiazole rings is 2. The largest absolute Gasteiger partial charge is 0.497 e. The Bertz CT molecular complexity index is 2520. The molecule has 0 N–H and O–H groups in total. The maximum Gasteiger partial charge on any atom is 0.244 e. The van der Waals surface area contributed by atoms with Crippen LogP contribution in [0.15, 0.2) is 118 Å². The van der Waals surface area contributed by atoms with Gasteiger partial charge in [-0.25, -0.2) is 26.8 Å². The van der Waals surface area contributed by atoms with Gasteiger partial charge >= 0.3 is 0 Å². The molecule has 17 heteroatoms. The Hall–Kier alpha value is -4.06. The first kappa shape index (κ1) is 41.1. The molecule has 2 aliphatic heterocycles. The molecule has 2 aromatic heterocycles. The Labute approximate surface area is 351 Å². The Morgan fingerprint density at radius 2 is 0.947 bits per heavy atom. The predicted octanol–water partition coefficient (Wildman–Crippen LogP) is 8.27. The van der Waals surface area contributed by atoms with Crippen molar-refractivity contribution in [2.45, 2.75) is 16.7 Å². The van der Waals surface area contributed by atoms with Crippen molar-refractivity contribution < 1.29 is 21.6 Å². The van der Waals surface area contributed by atoms with Crippen molar-refractivity contribution in [3.63, 3.8) is 0 Å². The smallest absolute Gasteiger partial charge is 0.244 e. The highest BCUT2D eigenvalue weighted by Crippen LogP contribution is 2.32. The lowest BCUT2D eigenvalue weighted by molar-refractivity contribution is 0.384. The van der Waals surface area contributed by atoms with E-state index in [0.717, 1.165) is 38.5 Å². The molecule has 6 aromatic rings. The van der Waals surface area contributed by atoms with E-state index in [2.05, 4.69) is 41.0 Å². The van der Waals surface area contributed by atoms with E-state index >= 15 is 0 Å². The van der Waals surface area contributed by atoms with Crippen LogP contribution in [0.4, 0.5) is 10.3 Å². The van der Waals surface area contributed by atoms with Crippen LogP contribution in [-0.4, -0.2) is 94.9 Å². The molecule has 11 nitrogen and oxygen atoms in total. The van der Waals surface area contributed by atoms with Crippen LogP contribution < -0.4 is 14.5 Å². The number of hydrogen-bond acceptors (Lipinski definition) is 11. The van der Waals surface area contributed by atoms with E-state index in [9.17, 15) is 16.8 Å². The van der Waals surface area contributed by atoms with Crippen LogP contribution >= 0.6 is 45.9 Å². The van der Waals surface area contributed by atoms with Gasteiger partial charge in [-0.2, -0.15) is 8.61 Å². The lowest BCUT2D eigenvalue weighted by Crippen LogP contribution is -2.48. The third kappa shape index (κ3) is 9.31. The molecular formula is C40H40Cl2N6O5S4. The Morgan fingerprint density at radius 1 is 0.561 bits per heavy atom. The van der Waals surface area contributed by atoms with Gasteiger partial charge in [-0.15, -0.1) is 22.7 Å². The molecule has 2 saturated heterocycles. The number of nitrogens with zero attached hydrogens (tertiary/aromatic N) is 6. The van der Waals surface area contributed by atoms with E-state index in [-0.39, 0.29) is 19.8 Å². The first-order chi connectivity index (χ1) is 27.4. The molecule has 298 valence electrons. The van der Waals surface area contributed by atoms with Crippen molar-refractivity contribution in [1.82, 2.24) is 18.6 Å². The number of ether oxygens (including phenoxy) is 1. The predicted molar refractivity (Wildman–Crippen MR) is 231 cm³/mol. The maximum atomic E-state index is 12.9. The quantitative estimate of drug-likeness (QED) is 0.142. The minimum atomic E-state index is -3.60. The van der Waals surface area contributed by atoms with Gasteiger partial charge in [-0.05, 0) is 55.5 Å². The number of anilines is 2. The molecule has 0 unspecified atom stereocenters. The first-order valence-electron chi connectivity index (χ1n) is 18.1. The Kier molecular flexibility index (Phi) is 12.9. The molecule has 4 aromatic carbocycles. The van der Waals surface area contributed by atoms with Crippen LogP contribution in [0.1, 0.15) is 5.56 Å². The summed E-state index contributed by atoms with van der Waals surface area (Å²) in [5.41, 5.74) is 5.18. The highest BCUT2D eigenvalue weighted by atomic mass is 35.5. The molecule has 0 amide bonds. The van der Waals surface area contributed by atoms with Gasteiger partial charge < -0.3 is 14.5 Å². The number of hydrogen-bond donors (Lipinski definition) is 0. The van der Waals surface area contributed by atoms with E-state index < -0.39 is 20.0 Å². The monoisotopic (exact) mass is 882 g/mol. The summed E-state index contributed by atoms with van der Waals surface area (Å²) in [5.74, 6) is 0.806. The van der Waals surface area contributed by atoms with Crippen molar-refractivity contribution in [2.75, 3.05) is 69.3 Å². The first-order valence-corrected chi connectivity index (χ1v) is 23.5. The molecule has 0 spiro atoms. The van der Waals surface area contributed by atoms with Crippen molar-refractivity contribution in [1.29, 1.82) is 0 Å². The average molecular weight is 884 g/mol. The van der Waals surface area contributed by atoms with Crippen molar-refractivity contribution in [3.05, 3.63) is 123 Å². The van der Waals surface area contributed by atoms with E-state index in [4.69, 9.17) is 37.9 Å². The molecule has 0 saturated carbocycles. The summed E-state index contributed by atoms with van der Waals surface area (Å²) < 4.78 is 59.7. The van der Waals surface area contributed by atoms with Gasteiger partial charge in [0.15, 0.2) is 10.3 Å². The van der Waals surface area contributed by atoms with Gasteiger partial charge in [0.25, 0.3) is 0 Å². The fraction of sp³-hybridized carbons (Fsp3) is 0.250. The van der Waals surface area contributed by atoms with Gasteiger partial charge in [0, 0.05) is 74.2 Å². The van der Waals surface area contributed by atoms with Crippen LogP contribution in [0.25, 0.3) is 22.5 Å². The Morgan fingerprint density at radius 3 is 1.33 bits per heavy atom. The van der Waals surface area contributed by atoms with E-state index in [1.54, 1.807) is 78.3 Å². The van der Waals surface area contributed by atoms with Crippen LogP contribution in [-0.2, 0) is 20.0 Å². The number of aryl methyl sites for hydroxylation is 1. The summed E-state index contributed by atoms with van der Waals surface area (Å²) in [6.45, 7) is 6.04. The minimum absolute atomic E-state index is 0.158. The van der Waals surface area contributed by atoms with Crippen molar-refractivity contribution >= 4 is 76.2 Å². The number of rotatable bonds is 9. The van der Waals surface area contributed by atoms with E-state index in [1.807, 2.05) is 35.0 Å². The second-order valence-corrected chi connectivity index (χ2v) is 19.6. The molecule has 0 radical (unpaired) electrons. The fourth-order valence-corrected chi connectivity index (χ4v) is 12.0. The van der Waals surface area contributed by atoms with Crippen LogP contribution in [0, 0.1) is 6.92 Å². The number of methoxy groups -OCH3 is 1.